The van der Waals surface area contributed by atoms with E-state index in [-0.39, 0.29) is 6.10 Å². The van der Waals surface area contributed by atoms with Crippen LogP contribution >= 0.6 is 0 Å². The minimum atomic E-state index is -0.182. The molecule has 0 saturated heterocycles. The zero-order valence-electron chi connectivity index (χ0n) is 11.3. The second-order valence-electron chi connectivity index (χ2n) is 5.55. The van der Waals surface area contributed by atoms with Gasteiger partial charge < -0.3 is 10.4 Å². The maximum atomic E-state index is 9.23. The smallest absolute Gasteiger partial charge is 0.0524 e. The first kappa shape index (κ1) is 13.6. The molecule has 0 spiro atoms. The van der Waals surface area contributed by atoms with Crippen LogP contribution in [-0.4, -0.2) is 23.8 Å². The van der Waals surface area contributed by atoms with Gasteiger partial charge in [0.15, 0.2) is 0 Å². The molecule has 1 aliphatic carbocycles. The summed E-state index contributed by atoms with van der Waals surface area (Å²) < 4.78 is 0. The van der Waals surface area contributed by atoms with E-state index in [9.17, 15) is 5.11 Å². The van der Waals surface area contributed by atoms with Crippen LogP contribution in [0.4, 0.5) is 0 Å². The summed E-state index contributed by atoms with van der Waals surface area (Å²) in [5.41, 5.74) is 1.50. The predicted molar refractivity (Wildman–Crippen MR) is 75.7 cm³/mol. The molecule has 1 fully saturated rings. The summed E-state index contributed by atoms with van der Waals surface area (Å²) in [6.07, 6.45) is 5.78. The van der Waals surface area contributed by atoms with E-state index >= 15 is 0 Å². The molecule has 0 aromatic heterocycles. The number of aliphatic hydroxyl groups is 1. The van der Waals surface area contributed by atoms with E-state index in [1.165, 1.54) is 31.2 Å². The van der Waals surface area contributed by atoms with Gasteiger partial charge in [-0.1, -0.05) is 30.3 Å². The molecule has 0 radical (unpaired) electrons. The monoisotopic (exact) mass is 247 g/mol. The van der Waals surface area contributed by atoms with E-state index in [0.717, 1.165) is 18.9 Å². The lowest BCUT2D eigenvalue weighted by molar-refractivity contribution is 0.180. The van der Waals surface area contributed by atoms with Gasteiger partial charge in [-0.25, -0.2) is 0 Å². The Morgan fingerprint density at radius 3 is 2.44 bits per heavy atom. The molecule has 1 saturated carbocycles. The molecular formula is C16H25NO. The van der Waals surface area contributed by atoms with E-state index in [1.54, 1.807) is 0 Å². The fourth-order valence-corrected chi connectivity index (χ4v) is 2.85. The first-order valence-corrected chi connectivity index (χ1v) is 7.22. The normalized spacial score (nSPS) is 25.9. The standard InChI is InChI=1S/C16H25NO/c1-13(18)11-12-17-16-9-7-15(8-10-16)14-5-3-2-4-6-14/h2-6,13,15-18H,7-12H2,1H3/t13-,15?,16?/m0/s1. The highest BCUT2D eigenvalue weighted by Crippen LogP contribution is 2.32. The predicted octanol–water partition coefficient (Wildman–Crippen LogP) is 3.07. The summed E-state index contributed by atoms with van der Waals surface area (Å²) in [7, 11) is 0. The van der Waals surface area contributed by atoms with Crippen LogP contribution in [0.25, 0.3) is 0 Å². The largest absolute Gasteiger partial charge is 0.393 e. The molecule has 0 amide bonds. The summed E-state index contributed by atoms with van der Waals surface area (Å²) >= 11 is 0. The molecule has 0 heterocycles. The van der Waals surface area contributed by atoms with Crippen molar-refractivity contribution in [2.24, 2.45) is 0 Å². The first-order valence-electron chi connectivity index (χ1n) is 7.22. The van der Waals surface area contributed by atoms with E-state index in [0.29, 0.717) is 6.04 Å². The maximum absolute atomic E-state index is 9.23. The Bertz CT molecular complexity index is 328. The van der Waals surface area contributed by atoms with Gasteiger partial charge in [0.2, 0.25) is 0 Å². The lowest BCUT2D eigenvalue weighted by Crippen LogP contribution is -2.34. The molecule has 1 aromatic carbocycles. The van der Waals surface area contributed by atoms with Gasteiger partial charge in [0.25, 0.3) is 0 Å². The lowest BCUT2D eigenvalue weighted by Gasteiger charge is -2.29. The average molecular weight is 247 g/mol. The van der Waals surface area contributed by atoms with Crippen molar-refractivity contribution in [1.29, 1.82) is 0 Å². The number of benzene rings is 1. The van der Waals surface area contributed by atoms with Gasteiger partial charge in [0.05, 0.1) is 6.10 Å². The minimum Gasteiger partial charge on any atom is -0.393 e. The second-order valence-corrected chi connectivity index (χ2v) is 5.55. The molecule has 100 valence electrons. The molecule has 0 bridgehead atoms. The Morgan fingerprint density at radius 2 is 1.83 bits per heavy atom. The Kier molecular flexibility index (Phi) is 5.21. The van der Waals surface area contributed by atoms with Gasteiger partial charge in [-0.05, 0) is 57.1 Å². The highest BCUT2D eigenvalue weighted by molar-refractivity contribution is 5.20. The van der Waals surface area contributed by atoms with Gasteiger partial charge in [-0.3, -0.25) is 0 Å². The summed E-state index contributed by atoms with van der Waals surface area (Å²) in [4.78, 5) is 0. The van der Waals surface area contributed by atoms with Crippen molar-refractivity contribution in [3.05, 3.63) is 35.9 Å². The third-order valence-corrected chi connectivity index (χ3v) is 3.99. The SMILES string of the molecule is C[C@H](O)CCNC1CCC(c2ccccc2)CC1. The molecule has 1 atom stereocenters. The van der Waals surface area contributed by atoms with Crippen molar-refractivity contribution in [3.8, 4) is 0 Å². The first-order chi connectivity index (χ1) is 8.75. The quantitative estimate of drug-likeness (QED) is 0.838. The Labute approximate surface area is 110 Å². The number of aliphatic hydroxyl groups excluding tert-OH is 1. The van der Waals surface area contributed by atoms with Crippen molar-refractivity contribution in [2.45, 2.75) is 57.1 Å². The molecule has 2 N–H and O–H groups in total. The molecule has 2 heteroatoms. The van der Waals surface area contributed by atoms with Crippen LogP contribution in [0, 0.1) is 0 Å². The van der Waals surface area contributed by atoms with Gasteiger partial charge in [-0.2, -0.15) is 0 Å². The van der Waals surface area contributed by atoms with Crippen LogP contribution in [0.5, 0.6) is 0 Å². The number of hydrogen-bond donors (Lipinski definition) is 2. The zero-order valence-corrected chi connectivity index (χ0v) is 11.3. The van der Waals surface area contributed by atoms with Gasteiger partial charge in [-0.15, -0.1) is 0 Å². The summed E-state index contributed by atoms with van der Waals surface area (Å²) in [5, 5.41) is 12.8. The third-order valence-electron chi connectivity index (χ3n) is 3.99. The molecule has 2 rings (SSSR count). The Balaban J connectivity index is 1.71. The molecule has 1 aliphatic rings. The van der Waals surface area contributed by atoms with Crippen molar-refractivity contribution < 1.29 is 5.11 Å². The van der Waals surface area contributed by atoms with Crippen molar-refractivity contribution >= 4 is 0 Å². The van der Waals surface area contributed by atoms with E-state index in [4.69, 9.17) is 0 Å². The molecule has 0 unspecified atom stereocenters. The molecule has 0 aliphatic heterocycles. The van der Waals surface area contributed by atoms with Crippen LogP contribution in [0.15, 0.2) is 30.3 Å². The maximum Gasteiger partial charge on any atom is 0.0524 e. The third kappa shape index (κ3) is 4.11. The highest BCUT2D eigenvalue weighted by Gasteiger charge is 2.21. The van der Waals surface area contributed by atoms with Gasteiger partial charge in [0.1, 0.15) is 0 Å². The second kappa shape index (κ2) is 6.91. The van der Waals surface area contributed by atoms with Crippen LogP contribution in [0.2, 0.25) is 0 Å². The van der Waals surface area contributed by atoms with Crippen LogP contribution in [0.1, 0.15) is 50.5 Å². The molecular weight excluding hydrogens is 222 g/mol. The summed E-state index contributed by atoms with van der Waals surface area (Å²) in [6.45, 7) is 2.80. The van der Waals surface area contributed by atoms with Crippen LogP contribution in [-0.2, 0) is 0 Å². The van der Waals surface area contributed by atoms with Crippen molar-refractivity contribution in [3.63, 3.8) is 0 Å². The average Bonchev–Trinajstić information content (AvgIpc) is 2.40. The molecule has 1 aromatic rings. The fraction of sp³-hybridized carbons (Fsp3) is 0.625. The summed E-state index contributed by atoms with van der Waals surface area (Å²) in [6, 6.07) is 11.5. The Morgan fingerprint density at radius 1 is 1.17 bits per heavy atom. The van der Waals surface area contributed by atoms with E-state index in [1.807, 2.05) is 6.92 Å². The molecule has 2 nitrogen and oxygen atoms in total. The number of rotatable bonds is 5. The van der Waals surface area contributed by atoms with E-state index < -0.39 is 0 Å². The van der Waals surface area contributed by atoms with Gasteiger partial charge >= 0.3 is 0 Å². The van der Waals surface area contributed by atoms with Gasteiger partial charge in [0, 0.05) is 6.04 Å². The number of hydrogen-bond acceptors (Lipinski definition) is 2. The topological polar surface area (TPSA) is 32.3 Å². The van der Waals surface area contributed by atoms with Crippen molar-refractivity contribution in [1.82, 2.24) is 5.32 Å². The highest BCUT2D eigenvalue weighted by atomic mass is 16.3. The molecule has 18 heavy (non-hydrogen) atoms. The van der Waals surface area contributed by atoms with Crippen molar-refractivity contribution in [2.75, 3.05) is 6.54 Å². The van der Waals surface area contributed by atoms with Crippen LogP contribution < -0.4 is 5.32 Å². The minimum absolute atomic E-state index is 0.182. The van der Waals surface area contributed by atoms with E-state index in [2.05, 4.69) is 35.6 Å². The zero-order chi connectivity index (χ0) is 12.8. The van der Waals surface area contributed by atoms with Crippen LogP contribution in [0.3, 0.4) is 0 Å². The fourth-order valence-electron chi connectivity index (χ4n) is 2.85. The Hall–Kier alpha value is -0.860. The summed E-state index contributed by atoms with van der Waals surface area (Å²) in [5.74, 6) is 0.751. The lowest BCUT2D eigenvalue weighted by atomic mass is 9.82. The number of nitrogens with one attached hydrogen (secondary N) is 1.